The average Bonchev–Trinajstić information content (AvgIpc) is 3.67. The van der Waals surface area contributed by atoms with E-state index in [-0.39, 0.29) is 11.9 Å². The number of amides is 3. The van der Waals surface area contributed by atoms with E-state index in [1.54, 1.807) is 21.7 Å². The first-order chi connectivity index (χ1) is 19.0. The van der Waals surface area contributed by atoms with Crippen LogP contribution in [0.3, 0.4) is 0 Å². The van der Waals surface area contributed by atoms with Gasteiger partial charge in [0.1, 0.15) is 12.1 Å². The number of carbonyl (C=O) groups excluding carboxylic acids is 2. The van der Waals surface area contributed by atoms with Crippen molar-refractivity contribution in [3.63, 3.8) is 0 Å². The molecule has 4 heterocycles. The number of nitrogens with zero attached hydrogens (tertiary/aromatic N) is 4. The number of benzene rings is 3. The molecule has 0 saturated heterocycles. The van der Waals surface area contributed by atoms with Gasteiger partial charge in [0.15, 0.2) is 5.65 Å². The quantitative estimate of drug-likeness (QED) is 0.312. The lowest BCUT2D eigenvalue weighted by molar-refractivity contribution is 0.0960. The van der Waals surface area contributed by atoms with Crippen LogP contribution in [-0.2, 0) is 6.42 Å². The van der Waals surface area contributed by atoms with Crippen molar-refractivity contribution in [2.24, 2.45) is 0 Å². The number of anilines is 2. The molecule has 0 fully saturated rings. The fraction of sp³-hybridized carbons (Fsp3) is 0.103. The van der Waals surface area contributed by atoms with Gasteiger partial charge in [-0.1, -0.05) is 29.8 Å². The monoisotopic (exact) mass is 538 g/mol. The summed E-state index contributed by atoms with van der Waals surface area (Å²) in [5, 5.41) is 10.5. The molecule has 0 aliphatic carbocycles. The van der Waals surface area contributed by atoms with Crippen LogP contribution in [0.4, 0.5) is 20.6 Å². The summed E-state index contributed by atoms with van der Waals surface area (Å²) < 4.78 is 15.9. The minimum atomic E-state index is -0.747. The van der Waals surface area contributed by atoms with E-state index in [2.05, 4.69) is 20.7 Å². The Labute approximate surface area is 227 Å². The van der Waals surface area contributed by atoms with Crippen molar-refractivity contribution >= 4 is 40.6 Å². The Hall–Kier alpha value is -4.76. The predicted molar refractivity (Wildman–Crippen MR) is 146 cm³/mol. The Kier molecular flexibility index (Phi) is 5.34. The van der Waals surface area contributed by atoms with E-state index in [4.69, 9.17) is 11.6 Å². The first-order valence-corrected chi connectivity index (χ1v) is 12.7. The van der Waals surface area contributed by atoms with Gasteiger partial charge in [-0.3, -0.25) is 9.69 Å². The van der Waals surface area contributed by atoms with E-state index in [0.29, 0.717) is 45.2 Å². The number of aromatic nitrogens is 3. The Morgan fingerprint density at radius 1 is 1.08 bits per heavy atom. The van der Waals surface area contributed by atoms with Gasteiger partial charge in [0.2, 0.25) is 0 Å². The number of rotatable bonds is 3. The summed E-state index contributed by atoms with van der Waals surface area (Å²) in [4.78, 5) is 32.7. The number of urea groups is 1. The van der Waals surface area contributed by atoms with E-state index in [9.17, 15) is 14.0 Å². The minimum Gasteiger partial charge on any atom is -0.341 e. The molecule has 2 aliphatic heterocycles. The molecule has 0 unspecified atom stereocenters. The standard InChI is InChI=1S/C29H20ClFN6O2/c30-22-7-6-19(31)13-20(22)27-26-21(28(38)35-27)11-18(17-5-8-25-32-15-33-37(25)14-17)12-23(26)34-29(39)36-10-9-16-3-1-2-4-24(16)36/h1-8,11-15,27H,9-10H2,(H,34,39)(H,35,38)/t27-/m0/s1. The maximum atomic E-state index is 14.3. The summed E-state index contributed by atoms with van der Waals surface area (Å²) in [5.74, 6) is -0.824. The lowest BCUT2D eigenvalue weighted by Crippen LogP contribution is -2.33. The molecule has 5 aromatic rings. The Balaban J connectivity index is 1.37. The van der Waals surface area contributed by atoms with Crippen molar-refractivity contribution in [1.29, 1.82) is 0 Å². The minimum absolute atomic E-state index is 0.306. The molecule has 2 N–H and O–H groups in total. The molecule has 8 nitrogen and oxygen atoms in total. The SMILES string of the molecule is O=C1N[C@@H](c2cc(F)ccc2Cl)c2c(NC(=O)N3CCc4ccccc43)cc(-c3ccc4ncnn4c3)cc21. The van der Waals surface area contributed by atoms with E-state index in [1.807, 2.05) is 42.5 Å². The van der Waals surface area contributed by atoms with Crippen molar-refractivity contribution in [2.45, 2.75) is 12.5 Å². The number of pyridine rings is 1. The molecular formula is C29H20ClFN6O2. The lowest BCUT2D eigenvalue weighted by Gasteiger charge is -2.22. The summed E-state index contributed by atoms with van der Waals surface area (Å²) in [6, 6.07) is 18.0. The van der Waals surface area contributed by atoms with Crippen molar-refractivity contribution in [1.82, 2.24) is 19.9 Å². The van der Waals surface area contributed by atoms with E-state index >= 15 is 0 Å². The van der Waals surface area contributed by atoms with E-state index in [0.717, 1.165) is 23.2 Å². The number of nitrogens with one attached hydrogen (secondary N) is 2. The molecule has 192 valence electrons. The highest BCUT2D eigenvalue weighted by molar-refractivity contribution is 6.31. The largest absolute Gasteiger partial charge is 0.341 e. The molecule has 0 radical (unpaired) electrons. The third kappa shape index (κ3) is 3.90. The van der Waals surface area contributed by atoms with Gasteiger partial charge in [0, 0.05) is 51.4 Å². The maximum Gasteiger partial charge on any atom is 0.326 e. The van der Waals surface area contributed by atoms with Gasteiger partial charge >= 0.3 is 6.03 Å². The van der Waals surface area contributed by atoms with Gasteiger partial charge in [-0.2, -0.15) is 5.10 Å². The van der Waals surface area contributed by atoms with Crippen LogP contribution in [0.25, 0.3) is 16.8 Å². The zero-order valence-corrected chi connectivity index (χ0v) is 21.1. The van der Waals surface area contributed by atoms with Gasteiger partial charge < -0.3 is 10.6 Å². The van der Waals surface area contributed by atoms with Crippen LogP contribution < -0.4 is 15.5 Å². The first kappa shape index (κ1) is 23.4. The molecule has 0 bridgehead atoms. The number of hydrogen-bond acceptors (Lipinski definition) is 4. The molecule has 3 amide bonds. The van der Waals surface area contributed by atoms with E-state index < -0.39 is 11.9 Å². The van der Waals surface area contributed by atoms with Gasteiger partial charge in [-0.05, 0) is 66.1 Å². The highest BCUT2D eigenvalue weighted by Crippen LogP contribution is 2.42. The Morgan fingerprint density at radius 2 is 1.95 bits per heavy atom. The number of para-hydroxylation sites is 1. The van der Waals surface area contributed by atoms with Crippen molar-refractivity contribution in [2.75, 3.05) is 16.8 Å². The molecule has 3 aromatic carbocycles. The Morgan fingerprint density at radius 3 is 2.85 bits per heavy atom. The lowest BCUT2D eigenvalue weighted by atomic mass is 9.93. The second-order valence-electron chi connectivity index (χ2n) is 9.50. The molecule has 0 saturated carbocycles. The number of hydrogen-bond donors (Lipinski definition) is 2. The predicted octanol–water partition coefficient (Wildman–Crippen LogP) is 5.62. The molecule has 10 heteroatoms. The van der Waals surface area contributed by atoms with Crippen LogP contribution >= 0.6 is 11.6 Å². The number of carbonyl (C=O) groups is 2. The molecular weight excluding hydrogens is 519 g/mol. The fourth-order valence-electron chi connectivity index (χ4n) is 5.39. The van der Waals surface area contributed by atoms with Gasteiger partial charge in [-0.15, -0.1) is 0 Å². The van der Waals surface area contributed by atoms with Gasteiger partial charge in [0.25, 0.3) is 5.91 Å². The summed E-state index contributed by atoms with van der Waals surface area (Å²) >= 11 is 6.45. The third-order valence-corrected chi connectivity index (χ3v) is 7.58. The third-order valence-electron chi connectivity index (χ3n) is 7.24. The van der Waals surface area contributed by atoms with Gasteiger partial charge in [-0.25, -0.2) is 18.7 Å². The number of fused-ring (bicyclic) bond motifs is 3. The van der Waals surface area contributed by atoms with E-state index in [1.165, 1.54) is 24.5 Å². The summed E-state index contributed by atoms with van der Waals surface area (Å²) in [5.41, 5.74) is 5.82. The molecule has 1 atom stereocenters. The van der Waals surface area contributed by atoms with Crippen molar-refractivity contribution in [3.05, 3.63) is 112 Å². The topological polar surface area (TPSA) is 91.6 Å². The molecule has 39 heavy (non-hydrogen) atoms. The normalized spacial score (nSPS) is 15.8. The molecule has 2 aromatic heterocycles. The maximum absolute atomic E-state index is 14.3. The summed E-state index contributed by atoms with van der Waals surface area (Å²) in [6.07, 6.45) is 4.02. The first-order valence-electron chi connectivity index (χ1n) is 12.4. The van der Waals surface area contributed by atoms with Gasteiger partial charge in [0.05, 0.1) is 6.04 Å². The van der Waals surface area contributed by atoms with Crippen molar-refractivity contribution in [3.8, 4) is 11.1 Å². The summed E-state index contributed by atoms with van der Waals surface area (Å²) in [7, 11) is 0. The molecule has 2 aliphatic rings. The second-order valence-corrected chi connectivity index (χ2v) is 9.91. The second kappa shape index (κ2) is 8.92. The zero-order valence-electron chi connectivity index (χ0n) is 20.4. The fourth-order valence-corrected chi connectivity index (χ4v) is 5.62. The van der Waals surface area contributed by atoms with Crippen LogP contribution in [0.5, 0.6) is 0 Å². The number of halogens is 2. The highest BCUT2D eigenvalue weighted by Gasteiger charge is 2.36. The molecule has 0 spiro atoms. The molecule has 7 rings (SSSR count). The highest BCUT2D eigenvalue weighted by atomic mass is 35.5. The summed E-state index contributed by atoms with van der Waals surface area (Å²) in [6.45, 7) is 0.534. The van der Waals surface area contributed by atoms with Crippen LogP contribution in [0.1, 0.15) is 33.1 Å². The van der Waals surface area contributed by atoms with Crippen LogP contribution in [-0.4, -0.2) is 33.1 Å². The van der Waals surface area contributed by atoms with Crippen LogP contribution in [0, 0.1) is 5.82 Å². The Bertz CT molecular complexity index is 1820. The average molecular weight is 539 g/mol. The zero-order chi connectivity index (χ0) is 26.7. The smallest absolute Gasteiger partial charge is 0.326 e. The van der Waals surface area contributed by atoms with Crippen LogP contribution in [0.2, 0.25) is 5.02 Å². The van der Waals surface area contributed by atoms with Crippen LogP contribution in [0.15, 0.2) is 79.3 Å². The van der Waals surface area contributed by atoms with Crippen molar-refractivity contribution < 1.29 is 14.0 Å².